The van der Waals surface area contributed by atoms with E-state index in [0.29, 0.717) is 18.6 Å². The lowest BCUT2D eigenvalue weighted by Gasteiger charge is -2.25. The van der Waals surface area contributed by atoms with Crippen LogP contribution in [0, 0.1) is 18.3 Å². The highest BCUT2D eigenvalue weighted by atomic mass is 16.8. The van der Waals surface area contributed by atoms with Crippen molar-refractivity contribution < 1.29 is 28.5 Å². The van der Waals surface area contributed by atoms with Gasteiger partial charge in [0.05, 0.1) is 5.56 Å². The van der Waals surface area contributed by atoms with Gasteiger partial charge in [-0.05, 0) is 32.4 Å². The van der Waals surface area contributed by atoms with E-state index in [2.05, 4.69) is 5.92 Å². The van der Waals surface area contributed by atoms with E-state index >= 15 is 0 Å². The fraction of sp³-hybridized carbons (Fsp3) is 0.550. The van der Waals surface area contributed by atoms with Crippen LogP contribution < -0.4 is 0 Å². The molecule has 3 rings (SSSR count). The van der Waals surface area contributed by atoms with E-state index in [1.54, 1.807) is 24.3 Å². The molecule has 0 aliphatic carbocycles. The summed E-state index contributed by atoms with van der Waals surface area (Å²) < 4.78 is 28.6. The Kier molecular flexibility index (Phi) is 5.94. The van der Waals surface area contributed by atoms with E-state index in [4.69, 9.17) is 30.1 Å². The van der Waals surface area contributed by atoms with Crippen LogP contribution >= 0.6 is 0 Å². The first-order chi connectivity index (χ1) is 12.5. The minimum absolute atomic E-state index is 0.0110. The molecule has 26 heavy (non-hydrogen) atoms. The van der Waals surface area contributed by atoms with Gasteiger partial charge >= 0.3 is 5.97 Å². The summed E-state index contributed by atoms with van der Waals surface area (Å²) >= 11 is 0. The van der Waals surface area contributed by atoms with Crippen molar-refractivity contribution in [2.75, 3.05) is 19.8 Å². The number of carbonyl (C=O) groups excluding carboxylic acids is 1. The number of rotatable bonds is 7. The number of hydrogen-bond donors (Lipinski definition) is 0. The van der Waals surface area contributed by atoms with Gasteiger partial charge in [-0.25, -0.2) is 4.79 Å². The van der Waals surface area contributed by atoms with Crippen molar-refractivity contribution >= 4 is 5.97 Å². The van der Waals surface area contributed by atoms with Crippen LogP contribution in [0.15, 0.2) is 30.3 Å². The number of terminal acetylenes is 1. The standard InChI is InChI=1S/C20H24O6/c1-4-11-22-12-10-15-16(24-19-17(15)25-20(2,3)26-19)13-23-18(21)14-8-6-5-7-9-14/h1,5-9,15-17,19H,10-13H2,2-3H3/t15-,16-,17-,19-/m1/s1. The summed E-state index contributed by atoms with van der Waals surface area (Å²) in [6, 6.07) is 8.87. The predicted octanol–water partition coefficient (Wildman–Crippen LogP) is 2.38. The molecule has 4 atom stereocenters. The molecule has 2 aliphatic heterocycles. The minimum atomic E-state index is -0.695. The van der Waals surface area contributed by atoms with Crippen molar-refractivity contribution in [1.82, 2.24) is 0 Å². The molecule has 0 bridgehead atoms. The average Bonchev–Trinajstić information content (AvgIpc) is 3.09. The zero-order valence-corrected chi connectivity index (χ0v) is 15.1. The highest BCUT2D eigenvalue weighted by Crippen LogP contribution is 2.42. The van der Waals surface area contributed by atoms with E-state index in [1.807, 2.05) is 19.9 Å². The van der Waals surface area contributed by atoms with Gasteiger partial charge in [-0.2, -0.15) is 0 Å². The molecule has 2 aliphatic rings. The third-order valence-corrected chi connectivity index (χ3v) is 4.47. The van der Waals surface area contributed by atoms with Crippen LogP contribution in [0.3, 0.4) is 0 Å². The molecule has 0 aromatic heterocycles. The van der Waals surface area contributed by atoms with E-state index in [0.717, 1.165) is 0 Å². The molecule has 2 fully saturated rings. The SMILES string of the molecule is C#CCOCC[C@H]1[C@H]2OC(C)(C)O[C@H]2O[C@@H]1COC(=O)c1ccccc1. The van der Waals surface area contributed by atoms with Crippen LogP contribution in [0.4, 0.5) is 0 Å². The van der Waals surface area contributed by atoms with Crippen molar-refractivity contribution in [3.63, 3.8) is 0 Å². The summed E-state index contributed by atoms with van der Waals surface area (Å²) in [5.74, 6) is 1.36. The van der Waals surface area contributed by atoms with E-state index in [-0.39, 0.29) is 37.3 Å². The van der Waals surface area contributed by atoms with Gasteiger partial charge in [-0.15, -0.1) is 6.42 Å². The van der Waals surface area contributed by atoms with Gasteiger partial charge in [-0.1, -0.05) is 24.1 Å². The van der Waals surface area contributed by atoms with Crippen LogP contribution in [0.1, 0.15) is 30.6 Å². The Hall–Kier alpha value is -1.91. The van der Waals surface area contributed by atoms with Crippen LogP contribution in [0.25, 0.3) is 0 Å². The predicted molar refractivity (Wildman–Crippen MR) is 93.2 cm³/mol. The maximum Gasteiger partial charge on any atom is 0.338 e. The molecule has 1 aromatic carbocycles. The Labute approximate surface area is 153 Å². The largest absolute Gasteiger partial charge is 0.459 e. The van der Waals surface area contributed by atoms with Gasteiger partial charge in [0.1, 0.15) is 25.4 Å². The molecule has 6 nitrogen and oxygen atoms in total. The number of carbonyl (C=O) groups is 1. The normalized spacial score (nSPS) is 29.1. The topological polar surface area (TPSA) is 63.2 Å². The fourth-order valence-electron chi connectivity index (χ4n) is 3.32. The first kappa shape index (κ1) is 18.9. The third-order valence-electron chi connectivity index (χ3n) is 4.47. The van der Waals surface area contributed by atoms with Crippen LogP contribution in [-0.2, 0) is 23.7 Å². The third kappa shape index (κ3) is 4.43. The Morgan fingerprint density at radius 1 is 1.27 bits per heavy atom. The number of hydrogen-bond acceptors (Lipinski definition) is 6. The monoisotopic (exact) mass is 360 g/mol. The van der Waals surface area contributed by atoms with Gasteiger partial charge < -0.3 is 23.7 Å². The molecule has 0 spiro atoms. The Morgan fingerprint density at radius 2 is 2.04 bits per heavy atom. The van der Waals surface area contributed by atoms with Crippen LogP contribution in [0.2, 0.25) is 0 Å². The number of ether oxygens (including phenoxy) is 5. The Balaban J connectivity index is 1.59. The smallest absolute Gasteiger partial charge is 0.338 e. The second-order valence-electron chi connectivity index (χ2n) is 6.82. The maximum atomic E-state index is 12.2. The van der Waals surface area contributed by atoms with E-state index < -0.39 is 12.1 Å². The van der Waals surface area contributed by atoms with Gasteiger partial charge in [0, 0.05) is 12.5 Å². The van der Waals surface area contributed by atoms with E-state index in [9.17, 15) is 4.79 Å². The van der Waals surface area contributed by atoms with Crippen LogP contribution in [-0.4, -0.2) is 50.1 Å². The lowest BCUT2D eigenvalue weighted by atomic mass is 9.95. The Bertz CT molecular complexity index is 650. The second kappa shape index (κ2) is 8.19. The summed E-state index contributed by atoms with van der Waals surface area (Å²) in [7, 11) is 0. The van der Waals surface area contributed by atoms with Gasteiger partial charge in [0.25, 0.3) is 0 Å². The van der Waals surface area contributed by atoms with Crippen molar-refractivity contribution in [3.8, 4) is 12.3 Å². The van der Waals surface area contributed by atoms with Crippen molar-refractivity contribution in [2.24, 2.45) is 5.92 Å². The molecular formula is C20H24O6. The molecule has 6 heteroatoms. The van der Waals surface area contributed by atoms with Gasteiger partial charge in [-0.3, -0.25) is 0 Å². The Morgan fingerprint density at radius 3 is 2.77 bits per heavy atom. The molecule has 0 N–H and O–H groups in total. The first-order valence-electron chi connectivity index (χ1n) is 8.74. The molecule has 0 unspecified atom stereocenters. The fourth-order valence-corrected chi connectivity index (χ4v) is 3.32. The van der Waals surface area contributed by atoms with Crippen LogP contribution in [0.5, 0.6) is 0 Å². The molecule has 2 saturated heterocycles. The number of fused-ring (bicyclic) bond motifs is 1. The van der Waals surface area contributed by atoms with E-state index in [1.165, 1.54) is 0 Å². The quantitative estimate of drug-likeness (QED) is 0.423. The highest BCUT2D eigenvalue weighted by molar-refractivity contribution is 5.89. The van der Waals surface area contributed by atoms with Crippen molar-refractivity contribution in [3.05, 3.63) is 35.9 Å². The summed E-state index contributed by atoms with van der Waals surface area (Å²) in [5.41, 5.74) is 0.508. The zero-order chi connectivity index (χ0) is 18.6. The number of esters is 1. The maximum absolute atomic E-state index is 12.2. The summed E-state index contributed by atoms with van der Waals surface area (Å²) in [5, 5.41) is 0. The molecule has 0 saturated carbocycles. The second-order valence-corrected chi connectivity index (χ2v) is 6.82. The average molecular weight is 360 g/mol. The lowest BCUT2D eigenvalue weighted by Crippen LogP contribution is -2.34. The molecule has 140 valence electrons. The first-order valence-corrected chi connectivity index (χ1v) is 8.74. The molecule has 1 aromatic rings. The molecule has 2 heterocycles. The van der Waals surface area contributed by atoms with Crippen molar-refractivity contribution in [1.29, 1.82) is 0 Å². The summed E-state index contributed by atoms with van der Waals surface area (Å²) in [4.78, 5) is 12.2. The zero-order valence-electron chi connectivity index (χ0n) is 15.1. The summed E-state index contributed by atoms with van der Waals surface area (Å²) in [6.45, 7) is 4.58. The highest BCUT2D eigenvalue weighted by Gasteiger charge is 2.54. The molecule has 0 radical (unpaired) electrons. The minimum Gasteiger partial charge on any atom is -0.459 e. The number of benzene rings is 1. The van der Waals surface area contributed by atoms with Gasteiger partial charge in [0.15, 0.2) is 12.1 Å². The summed E-state index contributed by atoms with van der Waals surface area (Å²) in [6.07, 6.45) is 4.87. The molecule has 0 amide bonds. The lowest BCUT2D eigenvalue weighted by molar-refractivity contribution is -0.214. The van der Waals surface area contributed by atoms with Crippen molar-refractivity contribution in [2.45, 2.75) is 44.6 Å². The van der Waals surface area contributed by atoms with Gasteiger partial charge in [0.2, 0.25) is 0 Å². The molecular weight excluding hydrogens is 336 g/mol.